The summed E-state index contributed by atoms with van der Waals surface area (Å²) < 4.78 is 1.68. The first-order chi connectivity index (χ1) is 15.1. The number of aromatic nitrogens is 2. The second-order valence-corrected chi connectivity index (χ2v) is 9.29. The Hall–Kier alpha value is -3.15. The van der Waals surface area contributed by atoms with Gasteiger partial charge in [-0.3, -0.25) is 9.36 Å². The number of carbonyl (C=O) groups is 1. The molecular formula is C26H34N4O2. The largest absolute Gasteiger partial charge is 0.333 e. The molecule has 0 saturated heterocycles. The van der Waals surface area contributed by atoms with Crippen molar-refractivity contribution >= 4 is 16.9 Å². The van der Waals surface area contributed by atoms with E-state index in [1.165, 1.54) is 0 Å². The lowest BCUT2D eigenvalue weighted by Gasteiger charge is -2.34. The van der Waals surface area contributed by atoms with Crippen molar-refractivity contribution in [2.45, 2.75) is 66.5 Å². The van der Waals surface area contributed by atoms with E-state index >= 15 is 0 Å². The summed E-state index contributed by atoms with van der Waals surface area (Å²) in [5, 5.41) is 3.62. The van der Waals surface area contributed by atoms with Gasteiger partial charge in [-0.05, 0) is 83.4 Å². The zero-order valence-corrected chi connectivity index (χ0v) is 20.2. The lowest BCUT2D eigenvalue weighted by Crippen LogP contribution is -2.50. The SMILES string of the molecule is CCC(c1nc2ccccc2c(=O)n1-c1ccc(C)c(C)c1)N(CC)C(=O)NC(C)(C)C. The molecule has 0 spiro atoms. The first-order valence-corrected chi connectivity index (χ1v) is 11.3. The van der Waals surface area contributed by atoms with Crippen LogP contribution in [-0.4, -0.2) is 32.6 Å². The van der Waals surface area contributed by atoms with Crippen LogP contribution in [0.25, 0.3) is 16.6 Å². The Kier molecular flexibility index (Phi) is 6.72. The molecule has 6 nitrogen and oxygen atoms in total. The van der Waals surface area contributed by atoms with Crippen molar-refractivity contribution in [2.75, 3.05) is 6.54 Å². The molecule has 1 atom stereocenters. The first kappa shape index (κ1) is 23.5. The smallest absolute Gasteiger partial charge is 0.318 e. The summed E-state index contributed by atoms with van der Waals surface area (Å²) >= 11 is 0. The normalized spacial score (nSPS) is 12.6. The van der Waals surface area contributed by atoms with E-state index in [1.54, 1.807) is 15.5 Å². The van der Waals surface area contributed by atoms with Gasteiger partial charge in [0, 0.05) is 12.1 Å². The highest BCUT2D eigenvalue weighted by molar-refractivity contribution is 5.78. The summed E-state index contributed by atoms with van der Waals surface area (Å²) in [5.41, 5.74) is 3.16. The van der Waals surface area contributed by atoms with Crippen LogP contribution in [0.3, 0.4) is 0 Å². The zero-order valence-electron chi connectivity index (χ0n) is 20.2. The van der Waals surface area contributed by atoms with Gasteiger partial charge in [-0.2, -0.15) is 0 Å². The molecule has 0 saturated carbocycles. The van der Waals surface area contributed by atoms with Gasteiger partial charge in [-0.1, -0.05) is 25.1 Å². The van der Waals surface area contributed by atoms with Crippen LogP contribution in [0.5, 0.6) is 0 Å². The molecule has 0 bridgehead atoms. The summed E-state index contributed by atoms with van der Waals surface area (Å²) in [5.74, 6) is 0.574. The summed E-state index contributed by atoms with van der Waals surface area (Å²) in [7, 11) is 0. The molecule has 170 valence electrons. The van der Waals surface area contributed by atoms with Gasteiger partial charge in [0.2, 0.25) is 0 Å². The van der Waals surface area contributed by atoms with Crippen LogP contribution in [-0.2, 0) is 0 Å². The van der Waals surface area contributed by atoms with Crippen LogP contribution < -0.4 is 10.9 Å². The average molecular weight is 435 g/mol. The standard InChI is InChI=1S/C26H34N4O2/c1-8-22(29(9-2)25(32)28-26(5,6)7)23-27-21-13-11-10-12-20(21)24(31)30(23)19-15-14-17(3)18(4)16-19/h10-16,22H,8-9H2,1-7H3,(H,28,32). The zero-order chi connectivity index (χ0) is 23.6. The van der Waals surface area contributed by atoms with Crippen LogP contribution in [0.4, 0.5) is 4.79 Å². The number of urea groups is 1. The molecule has 3 aromatic rings. The Bertz CT molecular complexity index is 1190. The fraction of sp³-hybridized carbons (Fsp3) is 0.423. The maximum absolute atomic E-state index is 13.7. The Morgan fingerprint density at radius 2 is 1.78 bits per heavy atom. The molecule has 1 heterocycles. The third-order valence-electron chi connectivity index (χ3n) is 5.69. The predicted octanol–water partition coefficient (Wildman–Crippen LogP) is 5.28. The van der Waals surface area contributed by atoms with E-state index < -0.39 is 0 Å². The van der Waals surface area contributed by atoms with E-state index in [1.807, 2.05) is 84.9 Å². The predicted molar refractivity (Wildman–Crippen MR) is 131 cm³/mol. The van der Waals surface area contributed by atoms with Gasteiger partial charge in [0.1, 0.15) is 5.82 Å². The van der Waals surface area contributed by atoms with Crippen molar-refractivity contribution in [1.82, 2.24) is 19.8 Å². The van der Waals surface area contributed by atoms with Crippen LogP contribution >= 0.6 is 0 Å². The highest BCUT2D eigenvalue weighted by Crippen LogP contribution is 2.27. The Morgan fingerprint density at radius 3 is 2.38 bits per heavy atom. The highest BCUT2D eigenvalue weighted by Gasteiger charge is 2.29. The van der Waals surface area contributed by atoms with Crippen LogP contribution in [0.1, 0.15) is 64.0 Å². The quantitative estimate of drug-likeness (QED) is 0.594. The van der Waals surface area contributed by atoms with Crippen molar-refractivity contribution in [3.63, 3.8) is 0 Å². The summed E-state index contributed by atoms with van der Waals surface area (Å²) in [6.45, 7) is 14.4. The number of nitrogens with one attached hydrogen (secondary N) is 1. The minimum absolute atomic E-state index is 0.125. The Morgan fingerprint density at radius 1 is 1.09 bits per heavy atom. The minimum atomic E-state index is -0.368. The number of carbonyl (C=O) groups excluding carboxylic acids is 1. The third kappa shape index (κ3) is 4.69. The van der Waals surface area contributed by atoms with E-state index in [0.29, 0.717) is 29.7 Å². The fourth-order valence-corrected chi connectivity index (χ4v) is 3.93. The number of aryl methyl sites for hydroxylation is 2. The van der Waals surface area contributed by atoms with Gasteiger partial charge in [0.05, 0.1) is 22.6 Å². The molecule has 3 rings (SSSR count). The van der Waals surface area contributed by atoms with Crippen LogP contribution in [0.2, 0.25) is 0 Å². The van der Waals surface area contributed by atoms with Gasteiger partial charge in [-0.25, -0.2) is 9.78 Å². The van der Waals surface area contributed by atoms with Gasteiger partial charge >= 0.3 is 6.03 Å². The number of nitrogens with zero attached hydrogens (tertiary/aromatic N) is 3. The topological polar surface area (TPSA) is 67.2 Å². The van der Waals surface area contributed by atoms with E-state index in [2.05, 4.69) is 5.32 Å². The molecule has 0 radical (unpaired) electrons. The fourth-order valence-electron chi connectivity index (χ4n) is 3.93. The first-order valence-electron chi connectivity index (χ1n) is 11.3. The number of amides is 2. The molecule has 0 aliphatic carbocycles. The van der Waals surface area contributed by atoms with Gasteiger partial charge in [-0.15, -0.1) is 0 Å². The van der Waals surface area contributed by atoms with Crippen LogP contribution in [0, 0.1) is 13.8 Å². The van der Waals surface area contributed by atoms with Crippen molar-refractivity contribution in [2.24, 2.45) is 0 Å². The van der Waals surface area contributed by atoms with Crippen molar-refractivity contribution in [1.29, 1.82) is 0 Å². The van der Waals surface area contributed by atoms with Gasteiger partial charge in [0.15, 0.2) is 0 Å². The molecule has 0 aliphatic rings. The third-order valence-corrected chi connectivity index (χ3v) is 5.69. The highest BCUT2D eigenvalue weighted by atomic mass is 16.2. The molecular weight excluding hydrogens is 400 g/mol. The average Bonchev–Trinajstić information content (AvgIpc) is 2.72. The van der Waals surface area contributed by atoms with Crippen LogP contribution in [0.15, 0.2) is 47.3 Å². The second-order valence-electron chi connectivity index (χ2n) is 9.29. The number of hydrogen-bond acceptors (Lipinski definition) is 3. The molecule has 2 aromatic carbocycles. The lowest BCUT2D eigenvalue weighted by molar-refractivity contribution is 0.164. The number of fused-ring (bicyclic) bond motifs is 1. The number of benzene rings is 2. The van der Waals surface area contributed by atoms with Crippen molar-refractivity contribution < 1.29 is 4.79 Å². The number of hydrogen-bond donors (Lipinski definition) is 1. The van der Waals surface area contributed by atoms with E-state index in [4.69, 9.17) is 4.98 Å². The lowest BCUT2D eigenvalue weighted by atomic mass is 10.1. The summed E-state index contributed by atoms with van der Waals surface area (Å²) in [6.07, 6.45) is 0.626. The molecule has 2 amide bonds. The van der Waals surface area contributed by atoms with Gasteiger partial charge < -0.3 is 10.2 Å². The maximum atomic E-state index is 13.7. The minimum Gasteiger partial charge on any atom is -0.333 e. The van der Waals surface area contributed by atoms with Crippen molar-refractivity contribution in [3.8, 4) is 5.69 Å². The molecule has 1 unspecified atom stereocenters. The molecule has 32 heavy (non-hydrogen) atoms. The molecule has 6 heteroatoms. The monoisotopic (exact) mass is 434 g/mol. The van der Waals surface area contributed by atoms with Crippen molar-refractivity contribution in [3.05, 3.63) is 69.8 Å². The summed E-state index contributed by atoms with van der Waals surface area (Å²) in [4.78, 5) is 33.5. The molecule has 0 fully saturated rings. The molecule has 1 aromatic heterocycles. The van der Waals surface area contributed by atoms with E-state index in [9.17, 15) is 9.59 Å². The van der Waals surface area contributed by atoms with E-state index in [0.717, 1.165) is 16.8 Å². The molecule has 1 N–H and O–H groups in total. The Balaban J connectivity index is 2.28. The number of para-hydroxylation sites is 1. The number of rotatable bonds is 5. The second kappa shape index (κ2) is 9.15. The summed E-state index contributed by atoms with van der Waals surface area (Å²) in [6, 6.07) is 12.8. The maximum Gasteiger partial charge on any atom is 0.318 e. The Labute approximate surface area is 190 Å². The van der Waals surface area contributed by atoms with E-state index in [-0.39, 0.29) is 23.2 Å². The van der Waals surface area contributed by atoms with Gasteiger partial charge in [0.25, 0.3) is 5.56 Å². The molecule has 0 aliphatic heterocycles.